The van der Waals surface area contributed by atoms with Gasteiger partial charge in [0.1, 0.15) is 18.5 Å². The number of nitrogens with zero attached hydrogens (tertiary/aromatic N) is 3. The number of rotatable bonds is 9. The maximum absolute atomic E-state index is 12.0. The van der Waals surface area contributed by atoms with Crippen LogP contribution in [0.5, 0.6) is 5.75 Å². The third-order valence-electron chi connectivity index (χ3n) is 4.71. The lowest BCUT2D eigenvalue weighted by molar-refractivity contribution is -0.123. The van der Waals surface area contributed by atoms with Crippen LogP contribution < -0.4 is 15.4 Å². The van der Waals surface area contributed by atoms with Gasteiger partial charge in [-0.3, -0.25) is 14.7 Å². The van der Waals surface area contributed by atoms with Crippen LogP contribution in [0, 0.1) is 6.92 Å². The Morgan fingerprint density at radius 1 is 1.27 bits per heavy atom. The molecule has 0 spiro atoms. The van der Waals surface area contributed by atoms with Crippen molar-refractivity contribution in [2.75, 3.05) is 52.4 Å². The minimum atomic E-state index is -0.680. The number of nitrogens with one attached hydrogen (secondary N) is 2. The standard InChI is InChI=1S/C22H37N5O3/c1-5-23-22(24-14-19(28)16-30-20-8-6-7-18(4)13-20)27-11-9-26(10-12-27)15-21(29)25-17(2)3/h6-8,13,17,19,28H,5,9-12,14-16H2,1-4H3,(H,23,24)(H,25,29). The van der Waals surface area contributed by atoms with Gasteiger partial charge in [0.2, 0.25) is 5.91 Å². The van der Waals surface area contributed by atoms with E-state index in [4.69, 9.17) is 4.74 Å². The lowest BCUT2D eigenvalue weighted by atomic mass is 10.2. The van der Waals surface area contributed by atoms with Crippen LogP contribution in [-0.4, -0.2) is 91.3 Å². The van der Waals surface area contributed by atoms with Crippen molar-refractivity contribution in [1.29, 1.82) is 0 Å². The molecule has 8 nitrogen and oxygen atoms in total. The third-order valence-corrected chi connectivity index (χ3v) is 4.71. The van der Waals surface area contributed by atoms with Crippen LogP contribution in [0.15, 0.2) is 29.3 Å². The first-order valence-electron chi connectivity index (χ1n) is 10.8. The average molecular weight is 420 g/mol. The van der Waals surface area contributed by atoms with Crippen molar-refractivity contribution in [3.8, 4) is 5.75 Å². The number of amides is 1. The van der Waals surface area contributed by atoms with Gasteiger partial charge in [0, 0.05) is 38.8 Å². The van der Waals surface area contributed by atoms with Crippen LogP contribution >= 0.6 is 0 Å². The molecule has 2 rings (SSSR count). The largest absolute Gasteiger partial charge is 0.491 e. The number of aryl methyl sites for hydroxylation is 1. The highest BCUT2D eigenvalue weighted by Crippen LogP contribution is 2.12. The number of hydrogen-bond acceptors (Lipinski definition) is 5. The molecule has 1 atom stereocenters. The molecule has 168 valence electrons. The maximum atomic E-state index is 12.0. The molecule has 1 aliphatic heterocycles. The van der Waals surface area contributed by atoms with Crippen molar-refractivity contribution < 1.29 is 14.6 Å². The van der Waals surface area contributed by atoms with Crippen molar-refractivity contribution in [3.63, 3.8) is 0 Å². The van der Waals surface area contributed by atoms with Crippen molar-refractivity contribution in [2.45, 2.75) is 39.8 Å². The second-order valence-electron chi connectivity index (χ2n) is 7.96. The van der Waals surface area contributed by atoms with Gasteiger partial charge in [-0.15, -0.1) is 0 Å². The first kappa shape index (κ1) is 24.0. The SMILES string of the molecule is CCNC(=NCC(O)COc1cccc(C)c1)N1CCN(CC(=O)NC(C)C)CC1. The molecule has 1 aliphatic rings. The van der Waals surface area contributed by atoms with Crippen LogP contribution in [0.1, 0.15) is 26.3 Å². The van der Waals surface area contributed by atoms with Gasteiger partial charge in [-0.05, 0) is 45.4 Å². The van der Waals surface area contributed by atoms with Crippen molar-refractivity contribution in [1.82, 2.24) is 20.4 Å². The van der Waals surface area contributed by atoms with Crippen LogP contribution in [-0.2, 0) is 4.79 Å². The number of aliphatic imine (C=N–C) groups is 1. The highest BCUT2D eigenvalue weighted by molar-refractivity contribution is 5.80. The van der Waals surface area contributed by atoms with Gasteiger partial charge in [-0.1, -0.05) is 12.1 Å². The topological polar surface area (TPSA) is 89.4 Å². The minimum absolute atomic E-state index is 0.0655. The van der Waals surface area contributed by atoms with Crippen molar-refractivity contribution in [3.05, 3.63) is 29.8 Å². The smallest absolute Gasteiger partial charge is 0.234 e. The van der Waals surface area contributed by atoms with E-state index in [1.807, 2.05) is 52.0 Å². The van der Waals surface area contributed by atoms with Crippen LogP contribution in [0.2, 0.25) is 0 Å². The fourth-order valence-electron chi connectivity index (χ4n) is 3.26. The van der Waals surface area contributed by atoms with E-state index in [1.165, 1.54) is 0 Å². The molecular formula is C22H37N5O3. The molecule has 1 heterocycles. The molecule has 1 fully saturated rings. The van der Waals surface area contributed by atoms with E-state index in [1.54, 1.807) is 0 Å². The number of guanidine groups is 1. The summed E-state index contributed by atoms with van der Waals surface area (Å²) in [6.45, 7) is 12.8. The molecule has 0 saturated carbocycles. The monoisotopic (exact) mass is 419 g/mol. The Morgan fingerprint density at radius 2 is 2.00 bits per heavy atom. The number of hydrogen-bond donors (Lipinski definition) is 3. The Labute approximate surface area is 180 Å². The predicted octanol–water partition coefficient (Wildman–Crippen LogP) is 0.842. The van der Waals surface area contributed by atoms with Gasteiger partial charge in [-0.2, -0.15) is 0 Å². The fraction of sp³-hybridized carbons (Fsp3) is 0.636. The summed E-state index contributed by atoms with van der Waals surface area (Å²) >= 11 is 0. The molecule has 1 aromatic rings. The predicted molar refractivity (Wildman–Crippen MR) is 120 cm³/mol. The summed E-state index contributed by atoms with van der Waals surface area (Å²) in [5.74, 6) is 1.61. The molecule has 0 bridgehead atoms. The second kappa shape index (κ2) is 12.4. The zero-order valence-electron chi connectivity index (χ0n) is 18.7. The number of ether oxygens (including phenoxy) is 1. The van der Waals surface area contributed by atoms with Gasteiger partial charge in [0.05, 0.1) is 13.1 Å². The zero-order valence-corrected chi connectivity index (χ0v) is 18.7. The summed E-state index contributed by atoms with van der Waals surface area (Å²) < 4.78 is 5.67. The Kier molecular flexibility index (Phi) is 9.89. The van der Waals surface area contributed by atoms with Crippen LogP contribution in [0.25, 0.3) is 0 Å². The lowest BCUT2D eigenvalue weighted by Crippen LogP contribution is -2.54. The summed E-state index contributed by atoms with van der Waals surface area (Å²) in [5, 5.41) is 16.5. The summed E-state index contributed by atoms with van der Waals surface area (Å²) in [5.41, 5.74) is 1.12. The van der Waals surface area contributed by atoms with Gasteiger partial charge in [0.25, 0.3) is 0 Å². The average Bonchev–Trinajstić information content (AvgIpc) is 2.69. The van der Waals surface area contributed by atoms with E-state index >= 15 is 0 Å². The summed E-state index contributed by atoms with van der Waals surface area (Å²) in [6, 6.07) is 7.93. The molecule has 1 amide bonds. The quantitative estimate of drug-likeness (QED) is 0.406. The van der Waals surface area contributed by atoms with Crippen molar-refractivity contribution in [2.24, 2.45) is 4.99 Å². The molecular weight excluding hydrogens is 382 g/mol. The summed E-state index contributed by atoms with van der Waals surface area (Å²) in [7, 11) is 0. The second-order valence-corrected chi connectivity index (χ2v) is 7.96. The normalized spacial score (nSPS) is 16.5. The van der Waals surface area contributed by atoms with E-state index < -0.39 is 6.10 Å². The highest BCUT2D eigenvalue weighted by atomic mass is 16.5. The molecule has 0 aromatic heterocycles. The molecule has 0 aliphatic carbocycles. The van der Waals surface area contributed by atoms with Gasteiger partial charge in [-0.25, -0.2) is 0 Å². The molecule has 1 aromatic carbocycles. The fourth-order valence-corrected chi connectivity index (χ4v) is 3.26. The molecule has 1 saturated heterocycles. The third kappa shape index (κ3) is 8.59. The number of benzene rings is 1. The van der Waals surface area contributed by atoms with Crippen LogP contribution in [0.4, 0.5) is 0 Å². The minimum Gasteiger partial charge on any atom is -0.491 e. The summed E-state index contributed by atoms with van der Waals surface area (Å²) in [4.78, 5) is 20.9. The molecule has 30 heavy (non-hydrogen) atoms. The van der Waals surface area contributed by atoms with E-state index in [2.05, 4.69) is 25.4 Å². The van der Waals surface area contributed by atoms with E-state index in [0.717, 1.165) is 50.0 Å². The Balaban J connectivity index is 1.80. The maximum Gasteiger partial charge on any atom is 0.234 e. The Hall–Kier alpha value is -2.32. The number of aliphatic hydroxyl groups is 1. The van der Waals surface area contributed by atoms with Gasteiger partial charge >= 0.3 is 0 Å². The lowest BCUT2D eigenvalue weighted by Gasteiger charge is -2.36. The number of carbonyl (C=O) groups is 1. The molecule has 3 N–H and O–H groups in total. The summed E-state index contributed by atoms with van der Waals surface area (Å²) in [6.07, 6.45) is -0.680. The number of aliphatic hydroxyl groups excluding tert-OH is 1. The zero-order chi connectivity index (χ0) is 21.9. The van der Waals surface area contributed by atoms with Crippen molar-refractivity contribution >= 4 is 11.9 Å². The van der Waals surface area contributed by atoms with E-state index in [9.17, 15) is 9.90 Å². The highest BCUT2D eigenvalue weighted by Gasteiger charge is 2.21. The van der Waals surface area contributed by atoms with Gasteiger partial charge in [0.15, 0.2) is 5.96 Å². The Morgan fingerprint density at radius 3 is 2.63 bits per heavy atom. The van der Waals surface area contributed by atoms with E-state index in [0.29, 0.717) is 6.54 Å². The van der Waals surface area contributed by atoms with Crippen LogP contribution in [0.3, 0.4) is 0 Å². The first-order chi connectivity index (χ1) is 14.4. The Bertz CT molecular complexity index is 687. The first-order valence-corrected chi connectivity index (χ1v) is 10.8. The van der Waals surface area contributed by atoms with E-state index in [-0.39, 0.29) is 25.1 Å². The number of piperazine rings is 1. The molecule has 1 unspecified atom stereocenters. The van der Waals surface area contributed by atoms with Gasteiger partial charge < -0.3 is 25.4 Å². The number of carbonyl (C=O) groups excluding carboxylic acids is 1. The molecule has 0 radical (unpaired) electrons. The molecule has 8 heteroatoms.